The van der Waals surface area contributed by atoms with Gasteiger partial charge < -0.3 is 0 Å². The normalized spacial score (nSPS) is 15.9. The Morgan fingerprint density at radius 3 is 1.78 bits per heavy atom. The maximum absolute atomic E-state index is 2.34. The molecular formula is C18H32. The SMILES string of the molecule is CC=C(C=C(C)C(C)C)C(C)(C)C=CC(C)(C)C. The maximum Gasteiger partial charge on any atom is 0.00722 e. The maximum atomic E-state index is 2.34. The number of rotatable bonds is 4. The minimum absolute atomic E-state index is 0.0954. The Labute approximate surface area is 115 Å². The van der Waals surface area contributed by atoms with Crippen molar-refractivity contribution in [2.75, 3.05) is 0 Å². The highest BCUT2D eigenvalue weighted by Crippen LogP contribution is 2.32. The predicted molar refractivity (Wildman–Crippen MR) is 84.7 cm³/mol. The van der Waals surface area contributed by atoms with Gasteiger partial charge in [-0.2, -0.15) is 0 Å². The van der Waals surface area contributed by atoms with E-state index in [9.17, 15) is 0 Å². The fourth-order valence-corrected chi connectivity index (χ4v) is 1.61. The lowest BCUT2D eigenvalue weighted by Gasteiger charge is -2.25. The second-order valence-electron chi connectivity index (χ2n) is 7.21. The van der Waals surface area contributed by atoms with Gasteiger partial charge in [-0.1, -0.05) is 78.3 Å². The highest BCUT2D eigenvalue weighted by molar-refractivity contribution is 5.32. The molecule has 0 amide bonds. The average Bonchev–Trinajstić information content (AvgIpc) is 2.21. The van der Waals surface area contributed by atoms with Crippen molar-refractivity contribution in [1.29, 1.82) is 0 Å². The van der Waals surface area contributed by atoms with Crippen molar-refractivity contribution in [3.63, 3.8) is 0 Å². The summed E-state index contributed by atoms with van der Waals surface area (Å²) in [5, 5.41) is 0. The molecule has 18 heavy (non-hydrogen) atoms. The summed E-state index contributed by atoms with van der Waals surface area (Å²) >= 11 is 0. The molecule has 104 valence electrons. The third kappa shape index (κ3) is 6.23. The first-order valence-electron chi connectivity index (χ1n) is 7.05. The van der Waals surface area contributed by atoms with Gasteiger partial charge in [0.2, 0.25) is 0 Å². The van der Waals surface area contributed by atoms with Crippen LogP contribution in [-0.2, 0) is 0 Å². The molecule has 0 nitrogen and oxygen atoms in total. The number of hydrogen-bond donors (Lipinski definition) is 0. The van der Waals surface area contributed by atoms with Crippen LogP contribution in [0, 0.1) is 16.7 Å². The molecule has 0 aromatic rings. The zero-order chi connectivity index (χ0) is 14.6. The minimum atomic E-state index is 0.0954. The second kappa shape index (κ2) is 6.41. The van der Waals surface area contributed by atoms with E-state index in [1.807, 2.05) is 0 Å². The molecule has 0 atom stereocenters. The Morgan fingerprint density at radius 2 is 1.44 bits per heavy atom. The highest BCUT2D eigenvalue weighted by atomic mass is 14.2. The van der Waals surface area contributed by atoms with Crippen LogP contribution in [0.4, 0.5) is 0 Å². The van der Waals surface area contributed by atoms with Gasteiger partial charge in [-0.25, -0.2) is 0 Å². The third-order valence-corrected chi connectivity index (χ3v) is 3.35. The standard InChI is InChI=1S/C18H32/c1-10-16(13-15(4)14(2)3)18(8,9)12-11-17(5,6)7/h10-14H,1-9H3. The van der Waals surface area contributed by atoms with E-state index >= 15 is 0 Å². The van der Waals surface area contributed by atoms with E-state index in [4.69, 9.17) is 0 Å². The largest absolute Gasteiger partial charge is 0.0836 e. The van der Waals surface area contributed by atoms with Crippen LogP contribution >= 0.6 is 0 Å². The Kier molecular flexibility index (Phi) is 6.13. The third-order valence-electron chi connectivity index (χ3n) is 3.35. The first kappa shape index (κ1) is 17.2. The van der Waals surface area contributed by atoms with Crippen molar-refractivity contribution < 1.29 is 0 Å². The van der Waals surface area contributed by atoms with Gasteiger partial charge in [0.05, 0.1) is 0 Å². The van der Waals surface area contributed by atoms with Crippen LogP contribution in [0.5, 0.6) is 0 Å². The van der Waals surface area contributed by atoms with E-state index in [1.165, 1.54) is 11.1 Å². The highest BCUT2D eigenvalue weighted by Gasteiger charge is 2.19. The van der Waals surface area contributed by atoms with E-state index < -0.39 is 0 Å². The molecule has 0 aromatic heterocycles. The lowest BCUT2D eigenvalue weighted by atomic mass is 9.80. The Hall–Kier alpha value is -0.780. The lowest BCUT2D eigenvalue weighted by Crippen LogP contribution is -2.12. The van der Waals surface area contributed by atoms with Gasteiger partial charge in [0.25, 0.3) is 0 Å². The quantitative estimate of drug-likeness (QED) is 0.412. The van der Waals surface area contributed by atoms with E-state index in [0.717, 1.165) is 0 Å². The van der Waals surface area contributed by atoms with Crippen molar-refractivity contribution in [3.8, 4) is 0 Å². The van der Waals surface area contributed by atoms with Gasteiger partial charge in [0, 0.05) is 5.41 Å². The van der Waals surface area contributed by atoms with Crippen LogP contribution in [0.2, 0.25) is 0 Å². The van der Waals surface area contributed by atoms with E-state index in [1.54, 1.807) is 0 Å². The summed E-state index contributed by atoms with van der Waals surface area (Å²) in [6.07, 6.45) is 9.23. The minimum Gasteiger partial charge on any atom is -0.0836 e. The summed E-state index contributed by atoms with van der Waals surface area (Å²) in [5.74, 6) is 0.613. The molecule has 0 aromatic carbocycles. The summed E-state index contributed by atoms with van der Waals surface area (Å²) in [7, 11) is 0. The van der Waals surface area contributed by atoms with Crippen molar-refractivity contribution in [3.05, 3.63) is 35.5 Å². The first-order chi connectivity index (χ1) is 7.99. The van der Waals surface area contributed by atoms with E-state index in [2.05, 4.69) is 86.6 Å². The van der Waals surface area contributed by atoms with Gasteiger partial charge in [0.1, 0.15) is 0 Å². The topological polar surface area (TPSA) is 0 Å². The van der Waals surface area contributed by atoms with Crippen LogP contribution in [0.25, 0.3) is 0 Å². The molecule has 0 bridgehead atoms. The molecule has 0 spiro atoms. The van der Waals surface area contributed by atoms with Gasteiger partial charge in [0.15, 0.2) is 0 Å². The molecule has 0 aliphatic rings. The molecule has 0 unspecified atom stereocenters. The molecule has 0 rings (SSSR count). The lowest BCUT2D eigenvalue weighted by molar-refractivity contribution is 0.519. The predicted octanol–water partition coefficient (Wildman–Crippen LogP) is 6.16. The average molecular weight is 248 g/mol. The molecule has 0 aliphatic heterocycles. The first-order valence-corrected chi connectivity index (χ1v) is 7.05. The fraction of sp³-hybridized carbons (Fsp3) is 0.667. The number of hydrogen-bond acceptors (Lipinski definition) is 0. The van der Waals surface area contributed by atoms with Gasteiger partial charge in [-0.15, -0.1) is 0 Å². The second-order valence-corrected chi connectivity index (χ2v) is 7.21. The molecule has 0 saturated carbocycles. The molecule has 0 aliphatic carbocycles. The summed E-state index contributed by atoms with van der Waals surface area (Å²) < 4.78 is 0. The zero-order valence-corrected chi connectivity index (χ0v) is 13.9. The van der Waals surface area contributed by atoms with Crippen LogP contribution in [-0.4, -0.2) is 0 Å². The van der Waals surface area contributed by atoms with Crippen LogP contribution in [0.3, 0.4) is 0 Å². The van der Waals surface area contributed by atoms with E-state index in [-0.39, 0.29) is 10.8 Å². The smallest absolute Gasteiger partial charge is 0.00722 e. The van der Waals surface area contributed by atoms with E-state index in [0.29, 0.717) is 5.92 Å². The molecule has 0 N–H and O–H groups in total. The molecule has 0 heterocycles. The summed E-state index contributed by atoms with van der Waals surface area (Å²) in [4.78, 5) is 0. The molecular weight excluding hydrogens is 216 g/mol. The summed E-state index contributed by atoms with van der Waals surface area (Å²) in [6.45, 7) is 20.1. The summed E-state index contributed by atoms with van der Waals surface area (Å²) in [5.41, 5.74) is 3.18. The van der Waals surface area contributed by atoms with Crippen molar-refractivity contribution in [2.45, 2.75) is 62.3 Å². The monoisotopic (exact) mass is 248 g/mol. The molecule has 0 radical (unpaired) electrons. The van der Waals surface area contributed by atoms with Crippen LogP contribution in [0.15, 0.2) is 35.5 Å². The van der Waals surface area contributed by atoms with Crippen LogP contribution < -0.4 is 0 Å². The van der Waals surface area contributed by atoms with Crippen molar-refractivity contribution >= 4 is 0 Å². The molecule has 0 saturated heterocycles. The van der Waals surface area contributed by atoms with Gasteiger partial charge in [-0.3, -0.25) is 0 Å². The Morgan fingerprint density at radius 1 is 0.944 bits per heavy atom. The molecule has 0 heteroatoms. The van der Waals surface area contributed by atoms with Gasteiger partial charge in [-0.05, 0) is 30.8 Å². The fourth-order valence-electron chi connectivity index (χ4n) is 1.61. The van der Waals surface area contributed by atoms with Gasteiger partial charge >= 0.3 is 0 Å². The Balaban J connectivity index is 5.20. The molecule has 0 fully saturated rings. The van der Waals surface area contributed by atoms with Crippen LogP contribution in [0.1, 0.15) is 62.3 Å². The Bertz CT molecular complexity index is 341. The summed E-state index contributed by atoms with van der Waals surface area (Å²) in [6, 6.07) is 0. The zero-order valence-electron chi connectivity index (χ0n) is 13.9. The van der Waals surface area contributed by atoms with Crippen molar-refractivity contribution in [1.82, 2.24) is 0 Å². The number of allylic oxidation sites excluding steroid dienone is 6. The van der Waals surface area contributed by atoms with Crippen molar-refractivity contribution in [2.24, 2.45) is 16.7 Å².